The molecule has 18 heavy (non-hydrogen) atoms. The second kappa shape index (κ2) is 4.92. The van der Waals surface area contributed by atoms with Gasteiger partial charge in [-0.15, -0.1) is 0 Å². The summed E-state index contributed by atoms with van der Waals surface area (Å²) in [7, 11) is 0. The summed E-state index contributed by atoms with van der Waals surface area (Å²) in [4.78, 5) is 22.2. The molecule has 0 unspecified atom stereocenters. The minimum absolute atomic E-state index is 0.0416. The fourth-order valence-electron chi connectivity index (χ4n) is 2.76. The third kappa shape index (κ3) is 2.30. The third-order valence-corrected chi connectivity index (χ3v) is 3.80. The third-order valence-electron chi connectivity index (χ3n) is 3.80. The summed E-state index contributed by atoms with van der Waals surface area (Å²) >= 11 is 0. The molecule has 2 heterocycles. The van der Waals surface area contributed by atoms with Crippen LogP contribution < -0.4 is 5.32 Å². The number of nitrogens with zero attached hydrogens (tertiary/aromatic N) is 3. The fourth-order valence-corrected chi connectivity index (χ4v) is 2.76. The number of carbonyl (C=O) groups excluding carboxylic acids is 1. The van der Waals surface area contributed by atoms with Crippen LogP contribution in [-0.2, 0) is 13.1 Å². The lowest BCUT2D eigenvalue weighted by Crippen LogP contribution is -2.43. The van der Waals surface area contributed by atoms with E-state index >= 15 is 0 Å². The van der Waals surface area contributed by atoms with Gasteiger partial charge < -0.3 is 10.2 Å². The maximum absolute atomic E-state index is 12.1. The minimum atomic E-state index is 0.0416. The number of rotatable bonds is 1. The van der Waals surface area contributed by atoms with Crippen molar-refractivity contribution in [2.45, 2.75) is 51.2 Å². The van der Waals surface area contributed by atoms with E-state index in [0.717, 1.165) is 24.1 Å². The normalized spacial score (nSPS) is 19.7. The van der Waals surface area contributed by atoms with E-state index in [0.29, 0.717) is 19.1 Å². The zero-order valence-electron chi connectivity index (χ0n) is 10.4. The molecular formula is C13H18N4O. The first-order chi connectivity index (χ1) is 8.83. The summed E-state index contributed by atoms with van der Waals surface area (Å²) in [5.41, 5.74) is 2.04. The van der Waals surface area contributed by atoms with E-state index in [1.54, 1.807) is 12.5 Å². The van der Waals surface area contributed by atoms with Crippen LogP contribution in [0.15, 0.2) is 12.5 Å². The summed E-state index contributed by atoms with van der Waals surface area (Å²) in [6, 6.07) is 0.404. The highest BCUT2D eigenvalue weighted by Gasteiger charge is 2.26. The van der Waals surface area contributed by atoms with Crippen LogP contribution in [0.2, 0.25) is 0 Å². The number of hydrogen-bond donors (Lipinski definition) is 1. The molecule has 0 bridgehead atoms. The molecule has 0 radical (unpaired) electrons. The Kier molecular flexibility index (Phi) is 3.13. The Balaban J connectivity index is 1.58. The predicted octanol–water partition coefficient (Wildman–Crippen LogP) is 1.83. The van der Waals surface area contributed by atoms with Gasteiger partial charge in [-0.1, -0.05) is 19.3 Å². The lowest BCUT2D eigenvalue weighted by molar-refractivity contribution is 0.190. The fraction of sp³-hybridized carbons (Fsp3) is 0.615. The molecule has 3 rings (SSSR count). The molecule has 0 atom stereocenters. The maximum Gasteiger partial charge on any atom is 0.318 e. The Morgan fingerprint density at radius 1 is 1.28 bits per heavy atom. The van der Waals surface area contributed by atoms with Crippen molar-refractivity contribution in [3.05, 3.63) is 23.8 Å². The van der Waals surface area contributed by atoms with E-state index in [2.05, 4.69) is 15.3 Å². The van der Waals surface area contributed by atoms with Crippen LogP contribution in [-0.4, -0.2) is 26.9 Å². The SMILES string of the molecule is O=C(NC1CCCCC1)N1Cc2cncnc2C1. The molecular weight excluding hydrogens is 228 g/mol. The van der Waals surface area contributed by atoms with Gasteiger partial charge in [0.2, 0.25) is 0 Å². The van der Waals surface area contributed by atoms with Crippen molar-refractivity contribution in [1.29, 1.82) is 0 Å². The van der Waals surface area contributed by atoms with E-state index in [1.807, 2.05) is 4.90 Å². The van der Waals surface area contributed by atoms with Gasteiger partial charge >= 0.3 is 6.03 Å². The van der Waals surface area contributed by atoms with Crippen molar-refractivity contribution in [2.75, 3.05) is 0 Å². The molecule has 1 aliphatic carbocycles. The highest BCUT2D eigenvalue weighted by atomic mass is 16.2. The Morgan fingerprint density at radius 2 is 2.11 bits per heavy atom. The maximum atomic E-state index is 12.1. The van der Waals surface area contributed by atoms with Crippen molar-refractivity contribution < 1.29 is 4.79 Å². The van der Waals surface area contributed by atoms with Gasteiger partial charge in [0, 0.05) is 17.8 Å². The van der Waals surface area contributed by atoms with Gasteiger partial charge in [0.15, 0.2) is 0 Å². The lowest BCUT2D eigenvalue weighted by Gasteiger charge is -2.25. The van der Waals surface area contributed by atoms with Crippen LogP contribution in [0.5, 0.6) is 0 Å². The lowest BCUT2D eigenvalue weighted by atomic mass is 9.96. The van der Waals surface area contributed by atoms with Crippen LogP contribution in [0.25, 0.3) is 0 Å². The summed E-state index contributed by atoms with van der Waals surface area (Å²) < 4.78 is 0. The number of urea groups is 1. The van der Waals surface area contributed by atoms with Crippen LogP contribution in [0, 0.1) is 0 Å². The molecule has 1 fully saturated rings. The molecule has 0 spiro atoms. The predicted molar refractivity (Wildman–Crippen MR) is 66.7 cm³/mol. The Bertz CT molecular complexity index is 417. The molecule has 1 saturated carbocycles. The van der Waals surface area contributed by atoms with Gasteiger partial charge in [-0.25, -0.2) is 14.8 Å². The molecule has 96 valence electrons. The molecule has 1 aromatic heterocycles. The number of amides is 2. The Morgan fingerprint density at radius 3 is 2.89 bits per heavy atom. The smallest absolute Gasteiger partial charge is 0.318 e. The molecule has 1 aromatic rings. The quantitative estimate of drug-likeness (QED) is 0.822. The number of fused-ring (bicyclic) bond motifs is 1. The Hall–Kier alpha value is -1.65. The van der Waals surface area contributed by atoms with Crippen molar-refractivity contribution in [3.8, 4) is 0 Å². The molecule has 0 aromatic carbocycles. The Labute approximate surface area is 107 Å². The van der Waals surface area contributed by atoms with E-state index in [-0.39, 0.29) is 6.03 Å². The van der Waals surface area contributed by atoms with Crippen molar-refractivity contribution in [2.24, 2.45) is 0 Å². The van der Waals surface area contributed by atoms with Crippen LogP contribution >= 0.6 is 0 Å². The number of nitrogens with one attached hydrogen (secondary N) is 1. The van der Waals surface area contributed by atoms with Gasteiger partial charge in [0.05, 0.1) is 18.8 Å². The number of hydrogen-bond acceptors (Lipinski definition) is 3. The van der Waals surface area contributed by atoms with Gasteiger partial charge in [-0.2, -0.15) is 0 Å². The average molecular weight is 246 g/mol. The van der Waals surface area contributed by atoms with Crippen LogP contribution in [0.1, 0.15) is 43.4 Å². The van der Waals surface area contributed by atoms with E-state index in [1.165, 1.54) is 19.3 Å². The number of aromatic nitrogens is 2. The summed E-state index contributed by atoms with van der Waals surface area (Å²) in [5.74, 6) is 0. The van der Waals surface area contributed by atoms with Gasteiger partial charge in [-0.05, 0) is 12.8 Å². The van der Waals surface area contributed by atoms with Crippen molar-refractivity contribution in [3.63, 3.8) is 0 Å². The van der Waals surface area contributed by atoms with Crippen LogP contribution in [0.3, 0.4) is 0 Å². The molecule has 2 amide bonds. The molecule has 1 N–H and O–H groups in total. The first kappa shape index (κ1) is 11.4. The second-order valence-corrected chi connectivity index (χ2v) is 5.14. The molecule has 0 saturated heterocycles. The largest absolute Gasteiger partial charge is 0.335 e. The molecule has 5 nitrogen and oxygen atoms in total. The molecule has 5 heteroatoms. The summed E-state index contributed by atoms with van der Waals surface area (Å²) in [6.45, 7) is 1.24. The molecule has 2 aliphatic rings. The standard InChI is InChI=1S/C13H18N4O/c18-13(16-11-4-2-1-3-5-11)17-7-10-6-14-9-15-12(10)8-17/h6,9,11H,1-5,7-8H2,(H,16,18). The van der Waals surface area contributed by atoms with E-state index < -0.39 is 0 Å². The van der Waals surface area contributed by atoms with Gasteiger partial charge in [0.25, 0.3) is 0 Å². The second-order valence-electron chi connectivity index (χ2n) is 5.14. The highest BCUT2D eigenvalue weighted by molar-refractivity contribution is 5.75. The van der Waals surface area contributed by atoms with Crippen LogP contribution in [0.4, 0.5) is 4.79 Å². The number of carbonyl (C=O) groups is 1. The topological polar surface area (TPSA) is 58.1 Å². The highest BCUT2D eigenvalue weighted by Crippen LogP contribution is 2.21. The monoisotopic (exact) mass is 246 g/mol. The van der Waals surface area contributed by atoms with E-state index in [9.17, 15) is 4.79 Å². The van der Waals surface area contributed by atoms with E-state index in [4.69, 9.17) is 0 Å². The van der Waals surface area contributed by atoms with Crippen molar-refractivity contribution in [1.82, 2.24) is 20.2 Å². The first-order valence-corrected chi connectivity index (χ1v) is 6.66. The first-order valence-electron chi connectivity index (χ1n) is 6.66. The molecule has 1 aliphatic heterocycles. The van der Waals surface area contributed by atoms with Crippen molar-refractivity contribution >= 4 is 6.03 Å². The van der Waals surface area contributed by atoms with Gasteiger partial charge in [-0.3, -0.25) is 0 Å². The zero-order chi connectivity index (χ0) is 12.4. The summed E-state index contributed by atoms with van der Waals surface area (Å²) in [6.07, 6.45) is 9.35. The minimum Gasteiger partial charge on any atom is -0.335 e. The summed E-state index contributed by atoms with van der Waals surface area (Å²) in [5, 5.41) is 3.13. The van der Waals surface area contributed by atoms with Gasteiger partial charge in [0.1, 0.15) is 6.33 Å². The zero-order valence-corrected chi connectivity index (χ0v) is 10.4. The average Bonchev–Trinajstić information content (AvgIpc) is 2.84.